The zero-order chi connectivity index (χ0) is 24.8. The maximum atomic E-state index is 14.0. The van der Waals surface area contributed by atoms with E-state index in [1.807, 2.05) is 6.92 Å². The van der Waals surface area contributed by atoms with Crippen LogP contribution < -0.4 is 15.4 Å². The summed E-state index contributed by atoms with van der Waals surface area (Å²) < 4.78 is 19.9. The number of carbonyl (C=O) groups excluding carboxylic acids is 1. The fourth-order valence-corrected chi connectivity index (χ4v) is 3.31. The molecule has 2 aromatic heterocycles. The van der Waals surface area contributed by atoms with Crippen molar-refractivity contribution >= 4 is 17.3 Å². The van der Waals surface area contributed by atoms with Crippen molar-refractivity contribution < 1.29 is 24.1 Å². The van der Waals surface area contributed by atoms with Gasteiger partial charge in [0.25, 0.3) is 5.91 Å². The molecule has 5 N–H and O–H groups in total. The van der Waals surface area contributed by atoms with Crippen LogP contribution in [0, 0.1) is 12.7 Å². The number of aliphatic hydroxyl groups is 2. The fraction of sp³-hybridized carbons (Fsp3) is 0.154. The summed E-state index contributed by atoms with van der Waals surface area (Å²) in [5.74, 6) is 0.429. The van der Waals surface area contributed by atoms with Crippen molar-refractivity contribution in [2.24, 2.45) is 0 Å². The first-order valence-electron chi connectivity index (χ1n) is 10.9. The molecule has 9 heteroatoms. The summed E-state index contributed by atoms with van der Waals surface area (Å²) in [4.78, 5) is 19.5. The van der Waals surface area contributed by atoms with Crippen LogP contribution in [0.15, 0.2) is 73.1 Å². The van der Waals surface area contributed by atoms with Crippen molar-refractivity contribution in [3.05, 3.63) is 90.0 Å². The third-order valence-electron chi connectivity index (χ3n) is 5.15. The summed E-state index contributed by atoms with van der Waals surface area (Å²) in [7, 11) is 0. The Labute approximate surface area is 201 Å². The first-order valence-corrected chi connectivity index (χ1v) is 10.9. The number of hydrogen-bond acceptors (Lipinski definition) is 6. The molecule has 1 amide bonds. The Balaban J connectivity index is 1.41. The third-order valence-corrected chi connectivity index (χ3v) is 5.15. The van der Waals surface area contributed by atoms with Crippen LogP contribution in [0.5, 0.6) is 11.5 Å². The second-order valence-corrected chi connectivity index (χ2v) is 7.96. The Morgan fingerprint density at radius 1 is 1.11 bits per heavy atom. The largest absolute Gasteiger partial charge is 0.457 e. The number of ether oxygens (including phenoxy) is 1. The number of aromatic amines is 1. The smallest absolute Gasteiger partial charge is 0.252 e. The highest BCUT2D eigenvalue weighted by Gasteiger charge is 2.12. The van der Waals surface area contributed by atoms with Crippen molar-refractivity contribution in [3.63, 3.8) is 0 Å². The average molecular weight is 477 g/mol. The maximum Gasteiger partial charge on any atom is 0.252 e. The number of H-pyrrole nitrogens is 1. The molecule has 180 valence electrons. The number of rotatable bonds is 9. The molecule has 0 radical (unpaired) electrons. The van der Waals surface area contributed by atoms with Crippen LogP contribution in [0.4, 0.5) is 15.8 Å². The van der Waals surface area contributed by atoms with E-state index in [9.17, 15) is 14.3 Å². The highest BCUT2D eigenvalue weighted by molar-refractivity contribution is 5.95. The minimum atomic E-state index is -1.01. The molecule has 1 unspecified atom stereocenters. The molecule has 0 aliphatic heterocycles. The highest BCUT2D eigenvalue weighted by atomic mass is 19.1. The summed E-state index contributed by atoms with van der Waals surface area (Å²) in [6.07, 6.45) is 2.12. The van der Waals surface area contributed by atoms with E-state index in [1.165, 1.54) is 12.3 Å². The molecule has 0 aliphatic carbocycles. The van der Waals surface area contributed by atoms with Crippen molar-refractivity contribution in [1.29, 1.82) is 0 Å². The second-order valence-electron chi connectivity index (χ2n) is 7.96. The molecule has 0 aliphatic rings. The Morgan fingerprint density at radius 2 is 1.91 bits per heavy atom. The van der Waals surface area contributed by atoms with E-state index in [0.717, 1.165) is 11.3 Å². The van der Waals surface area contributed by atoms with Gasteiger partial charge in [0, 0.05) is 30.7 Å². The minimum Gasteiger partial charge on any atom is -0.457 e. The number of anilines is 2. The standard InChI is InChI=1S/C26H25FN4O4/c1-16-2-7-22(27)23(10-16)31-18-3-5-20(6-4-18)35-21-8-9-28-25(12-21)24-11-17(13-29-24)26(34)30-14-19(33)15-32/h2-13,19,29,31-33H,14-15H2,1H3,(H,30,34). The lowest BCUT2D eigenvalue weighted by Gasteiger charge is -2.10. The monoisotopic (exact) mass is 476 g/mol. The van der Waals surface area contributed by atoms with Gasteiger partial charge in [0.2, 0.25) is 0 Å². The molecular formula is C26H25FN4O4. The molecule has 35 heavy (non-hydrogen) atoms. The Kier molecular flexibility index (Phi) is 7.39. The number of aryl methyl sites for hydroxylation is 1. The van der Waals surface area contributed by atoms with E-state index in [-0.39, 0.29) is 18.3 Å². The van der Waals surface area contributed by atoms with E-state index < -0.39 is 12.7 Å². The van der Waals surface area contributed by atoms with Gasteiger partial charge in [-0.3, -0.25) is 9.78 Å². The molecule has 4 rings (SSSR count). The summed E-state index contributed by atoms with van der Waals surface area (Å²) in [6.45, 7) is 1.42. The zero-order valence-electron chi connectivity index (χ0n) is 19.0. The average Bonchev–Trinajstić information content (AvgIpc) is 3.36. The number of amides is 1. The molecule has 2 heterocycles. The number of nitrogens with zero attached hydrogens (tertiary/aromatic N) is 1. The van der Waals surface area contributed by atoms with E-state index in [1.54, 1.807) is 60.8 Å². The summed E-state index contributed by atoms with van der Waals surface area (Å²) in [6, 6.07) is 17.1. The summed E-state index contributed by atoms with van der Waals surface area (Å²) >= 11 is 0. The first kappa shape index (κ1) is 23.9. The van der Waals surface area contributed by atoms with Crippen LogP contribution in [0.2, 0.25) is 0 Å². The van der Waals surface area contributed by atoms with Crippen molar-refractivity contribution in [2.45, 2.75) is 13.0 Å². The number of carbonyl (C=O) groups is 1. The summed E-state index contributed by atoms with van der Waals surface area (Å²) in [5, 5.41) is 23.8. The van der Waals surface area contributed by atoms with Crippen LogP contribution in [0.25, 0.3) is 11.4 Å². The van der Waals surface area contributed by atoms with Gasteiger partial charge in [0.05, 0.1) is 35.3 Å². The molecule has 4 aromatic rings. The number of pyridine rings is 1. The lowest BCUT2D eigenvalue weighted by Crippen LogP contribution is -2.33. The number of benzene rings is 2. The quantitative estimate of drug-likeness (QED) is 0.248. The van der Waals surface area contributed by atoms with E-state index in [4.69, 9.17) is 9.84 Å². The molecular weight excluding hydrogens is 451 g/mol. The van der Waals surface area contributed by atoms with Gasteiger partial charge in [-0.05, 0) is 61.0 Å². The number of hydrogen-bond donors (Lipinski definition) is 5. The highest BCUT2D eigenvalue weighted by Crippen LogP contribution is 2.28. The number of aliphatic hydroxyl groups excluding tert-OH is 2. The van der Waals surface area contributed by atoms with Crippen LogP contribution >= 0.6 is 0 Å². The topological polar surface area (TPSA) is 120 Å². The van der Waals surface area contributed by atoms with Crippen molar-refractivity contribution in [2.75, 3.05) is 18.5 Å². The second kappa shape index (κ2) is 10.8. The predicted molar refractivity (Wildman–Crippen MR) is 130 cm³/mol. The van der Waals surface area contributed by atoms with Crippen LogP contribution in [0.1, 0.15) is 15.9 Å². The van der Waals surface area contributed by atoms with Gasteiger partial charge >= 0.3 is 0 Å². The van der Waals surface area contributed by atoms with Gasteiger partial charge < -0.3 is 30.6 Å². The lowest BCUT2D eigenvalue weighted by atomic mass is 10.2. The number of aromatic nitrogens is 2. The van der Waals surface area contributed by atoms with Gasteiger partial charge in [-0.15, -0.1) is 0 Å². The van der Waals surface area contributed by atoms with Gasteiger partial charge in [0.1, 0.15) is 17.3 Å². The predicted octanol–water partition coefficient (Wildman–Crippen LogP) is 4.14. The number of halogens is 1. The molecule has 0 saturated heterocycles. The molecule has 2 aromatic carbocycles. The fourth-order valence-electron chi connectivity index (χ4n) is 3.31. The Hall–Kier alpha value is -4.21. The summed E-state index contributed by atoms with van der Waals surface area (Å²) in [5.41, 5.74) is 3.64. The molecule has 8 nitrogen and oxygen atoms in total. The van der Waals surface area contributed by atoms with Crippen LogP contribution in [0.3, 0.4) is 0 Å². The van der Waals surface area contributed by atoms with Crippen LogP contribution in [-0.2, 0) is 0 Å². The lowest BCUT2D eigenvalue weighted by molar-refractivity contribution is 0.0802. The van der Waals surface area contributed by atoms with Gasteiger partial charge in [-0.25, -0.2) is 4.39 Å². The van der Waals surface area contributed by atoms with Gasteiger partial charge in [-0.1, -0.05) is 6.07 Å². The molecule has 0 spiro atoms. The molecule has 0 bridgehead atoms. The van der Waals surface area contributed by atoms with Crippen molar-refractivity contribution in [3.8, 4) is 22.9 Å². The van der Waals surface area contributed by atoms with E-state index in [0.29, 0.717) is 34.1 Å². The van der Waals surface area contributed by atoms with Gasteiger partial charge in [-0.2, -0.15) is 0 Å². The molecule has 1 atom stereocenters. The first-order chi connectivity index (χ1) is 16.9. The maximum absolute atomic E-state index is 14.0. The number of nitrogens with one attached hydrogen (secondary N) is 3. The van der Waals surface area contributed by atoms with Crippen molar-refractivity contribution in [1.82, 2.24) is 15.3 Å². The minimum absolute atomic E-state index is 0.0499. The van der Waals surface area contributed by atoms with Crippen LogP contribution in [-0.4, -0.2) is 45.3 Å². The van der Waals surface area contributed by atoms with E-state index in [2.05, 4.69) is 20.6 Å². The normalized spacial score (nSPS) is 11.7. The Bertz CT molecular complexity index is 1310. The molecule has 0 fully saturated rings. The Morgan fingerprint density at radius 3 is 2.69 bits per heavy atom. The molecule has 0 saturated carbocycles. The van der Waals surface area contributed by atoms with Gasteiger partial charge in [0.15, 0.2) is 0 Å². The SMILES string of the molecule is Cc1ccc(F)c(Nc2ccc(Oc3ccnc(-c4cc(C(=O)NCC(O)CO)c[nH]4)c3)cc2)c1. The zero-order valence-corrected chi connectivity index (χ0v) is 19.0. The van der Waals surface area contributed by atoms with E-state index >= 15 is 0 Å². The third kappa shape index (κ3) is 6.23.